The standard InChI is InChI=1S/C41H52FNO15.C31H44O6.C21H22O6.C16H22O3/c1-9-30(54-25(5)45)35(55-26(6)46)36-32(43-24(4)44)37(56-27(7)47)38(42)41(58-36,40(49)50-8)52-21-31-34(51-20-28-16-12-10-13-17-28)33(22(2)23(3)53-31)57-39(48)29-18-14-11-15-19-29;1-6-25-27(32)20(3)21(4)31(36-25)37-28-22(5)35-26(7-2)29(33-18-23-14-10-8-11-15-23)30(28)34-19-24-16-12-9-13-17-24;1-13-18(26-20(23)14-8-4-2-5-9-14)17(22)19-16(25-13)12-24-21(27-19)15-10-6-3-7-11-15;1-10-11(2)15-14(18-12(10)3)9-17-16(19-15)13-7-5-4-6-8-13/h10-19,22-23,30-38H,9,20-21H2,1-8H3,(H,43,44);8-17,20-22,25-32H,6-7,18-19H2,1-5H3;2-11,13,16-19,21-22H,12H2,1H3;4-8,10-12,14-16H,9H2,1-3H3/t22?,23-,30+,31?,32-,33+,34-,35+,36?,37-,38?,41+;20-,21?,22-,25?,26?,27+,28?,29-,30-,31+;13-,16?,17+,18?,19-,21?;10?,11-,12+,14?,15-,16?/m0101/s1. The number of methoxy groups -OCH3 is 1. The summed E-state index contributed by atoms with van der Waals surface area (Å²) in [6, 6.07) is 64.4. The van der Waals surface area contributed by atoms with Crippen LogP contribution in [0.15, 0.2) is 212 Å². The highest BCUT2D eigenvalue weighted by molar-refractivity contribution is 5.90. The topological polar surface area (TPSA) is 366 Å². The zero-order chi connectivity index (χ0) is 101. The number of carbonyl (C=O) groups is 7. The van der Waals surface area contributed by atoms with Gasteiger partial charge in [-0.1, -0.05) is 243 Å². The number of rotatable bonds is 30. The van der Waals surface area contributed by atoms with Crippen molar-refractivity contribution < 1.29 is 148 Å². The number of ether oxygens (including phenoxy) is 21. The molecular weight excluding hydrogens is 1820 g/mol. The molecule has 141 heavy (non-hydrogen) atoms. The number of amides is 1. The lowest BCUT2D eigenvalue weighted by Crippen LogP contribution is -2.74. The van der Waals surface area contributed by atoms with Crippen molar-refractivity contribution in [1.29, 1.82) is 0 Å². The first kappa shape index (κ1) is 110. The van der Waals surface area contributed by atoms with Gasteiger partial charge in [0.15, 0.2) is 37.2 Å². The van der Waals surface area contributed by atoms with E-state index in [1.54, 1.807) is 82.3 Å². The van der Waals surface area contributed by atoms with Crippen molar-refractivity contribution >= 4 is 41.7 Å². The first-order chi connectivity index (χ1) is 67.7. The van der Waals surface area contributed by atoms with Crippen molar-refractivity contribution in [3.05, 3.63) is 251 Å². The van der Waals surface area contributed by atoms with Crippen LogP contribution in [0.5, 0.6) is 0 Å². The molecule has 0 saturated carbocycles. The normalized spacial score (nSPS) is 33.6. The fourth-order valence-electron chi connectivity index (χ4n) is 19.0. The third kappa shape index (κ3) is 28.4. The quantitative estimate of drug-likeness (QED) is 0.0278. The number of nitrogens with one attached hydrogen (secondary N) is 1. The molecule has 3 N–H and O–H groups in total. The van der Waals surface area contributed by atoms with Crippen molar-refractivity contribution in [2.24, 2.45) is 29.6 Å². The minimum Gasteiger partial charge on any atom is -0.465 e. The molecule has 31 nitrogen and oxygen atoms in total. The molecule has 15 rings (SSSR count). The molecule has 8 aliphatic rings. The molecule has 0 aliphatic carbocycles. The van der Waals surface area contributed by atoms with Crippen molar-refractivity contribution in [2.45, 2.75) is 327 Å². The van der Waals surface area contributed by atoms with Crippen LogP contribution in [-0.2, 0) is 143 Å². The summed E-state index contributed by atoms with van der Waals surface area (Å²) >= 11 is 0. The number of alkyl halides is 1. The molecular formula is C109H140FNO30. The van der Waals surface area contributed by atoms with Crippen LogP contribution >= 0.6 is 0 Å². The third-order valence-electron chi connectivity index (χ3n) is 27.4. The van der Waals surface area contributed by atoms with Gasteiger partial charge >= 0.3 is 41.6 Å². The smallest absolute Gasteiger partial charge is 0.370 e. The molecule has 0 bridgehead atoms. The Bertz CT molecular complexity index is 4990. The van der Waals surface area contributed by atoms with Gasteiger partial charge in [0.05, 0.1) is 113 Å². The highest BCUT2D eigenvalue weighted by atomic mass is 19.1. The van der Waals surface area contributed by atoms with Crippen LogP contribution < -0.4 is 5.32 Å². The van der Waals surface area contributed by atoms with Crippen LogP contribution in [0, 0.1) is 29.6 Å². The van der Waals surface area contributed by atoms with E-state index in [1.165, 1.54) is 0 Å². The lowest BCUT2D eigenvalue weighted by atomic mass is 9.81. The second kappa shape index (κ2) is 52.6. The fourth-order valence-corrected chi connectivity index (χ4v) is 19.0. The van der Waals surface area contributed by atoms with Crippen molar-refractivity contribution in [1.82, 2.24) is 5.32 Å². The molecule has 14 unspecified atom stereocenters. The van der Waals surface area contributed by atoms with Crippen LogP contribution in [0.25, 0.3) is 0 Å². The minimum absolute atomic E-state index is 0.00303. The summed E-state index contributed by atoms with van der Waals surface area (Å²) in [7, 11) is 0.933. The molecule has 1 amide bonds. The average molecular weight is 1960 g/mol. The van der Waals surface area contributed by atoms with Gasteiger partial charge in [-0.15, -0.1) is 0 Å². The molecule has 0 spiro atoms. The predicted octanol–water partition coefficient (Wildman–Crippen LogP) is 14.7. The van der Waals surface area contributed by atoms with Crippen LogP contribution in [-0.4, -0.2) is 244 Å². The summed E-state index contributed by atoms with van der Waals surface area (Å²) in [4.78, 5) is 89.6. The number of hydrogen-bond donors (Lipinski definition) is 3. The first-order valence-corrected chi connectivity index (χ1v) is 49.0. The number of fused-ring (bicyclic) bond motifs is 2. The van der Waals surface area contributed by atoms with Gasteiger partial charge in [0.25, 0.3) is 0 Å². The lowest BCUT2D eigenvalue weighted by Gasteiger charge is -2.50. The maximum atomic E-state index is 17.3. The van der Waals surface area contributed by atoms with Crippen molar-refractivity contribution in [3.63, 3.8) is 0 Å². The molecule has 7 aromatic carbocycles. The van der Waals surface area contributed by atoms with Gasteiger partial charge in [-0.25, -0.2) is 18.8 Å². The number of carbonyl (C=O) groups excluding carboxylic acids is 7. The minimum atomic E-state index is -3.11. The molecule has 8 heterocycles. The van der Waals surface area contributed by atoms with E-state index in [9.17, 15) is 43.8 Å². The number of hydrogen-bond acceptors (Lipinski definition) is 30. The molecule has 8 saturated heterocycles. The van der Waals surface area contributed by atoms with E-state index < -0.39 is 170 Å². The highest BCUT2D eigenvalue weighted by Crippen LogP contribution is 2.45. The fraction of sp³-hybridized carbons (Fsp3) is 0.550. The van der Waals surface area contributed by atoms with Gasteiger partial charge in [-0.3, -0.25) is 19.2 Å². The van der Waals surface area contributed by atoms with Gasteiger partial charge in [0.2, 0.25) is 12.1 Å². The van der Waals surface area contributed by atoms with Gasteiger partial charge in [-0.05, 0) is 106 Å². The van der Waals surface area contributed by atoms with E-state index in [2.05, 4.69) is 71.1 Å². The van der Waals surface area contributed by atoms with E-state index in [-0.39, 0.29) is 91.7 Å². The number of benzene rings is 7. The van der Waals surface area contributed by atoms with Crippen LogP contribution in [0.4, 0.5) is 4.39 Å². The van der Waals surface area contributed by atoms with E-state index in [4.69, 9.17) is 99.5 Å². The van der Waals surface area contributed by atoms with E-state index >= 15 is 4.39 Å². The van der Waals surface area contributed by atoms with Crippen LogP contribution in [0.3, 0.4) is 0 Å². The first-order valence-electron chi connectivity index (χ1n) is 49.0. The maximum absolute atomic E-state index is 17.3. The summed E-state index contributed by atoms with van der Waals surface area (Å²) in [5.41, 5.74) is 5.61. The summed E-state index contributed by atoms with van der Waals surface area (Å²) in [6.45, 7) is 29.3. The summed E-state index contributed by atoms with van der Waals surface area (Å²) in [5.74, 6) is -8.53. The van der Waals surface area contributed by atoms with E-state index in [0.717, 1.165) is 75.5 Å². The largest absolute Gasteiger partial charge is 0.465 e. The van der Waals surface area contributed by atoms with Gasteiger partial charge in [0.1, 0.15) is 73.2 Å². The monoisotopic (exact) mass is 1960 g/mol. The average Bonchev–Trinajstić information content (AvgIpc) is 0.732. The predicted molar refractivity (Wildman–Crippen MR) is 511 cm³/mol. The van der Waals surface area contributed by atoms with E-state index in [1.807, 2.05) is 147 Å². The number of aliphatic hydroxyl groups is 2. The third-order valence-corrected chi connectivity index (χ3v) is 27.4. The Balaban J connectivity index is 0.000000182. The number of halogens is 1. The lowest BCUT2D eigenvalue weighted by molar-refractivity contribution is -0.346. The second-order valence-corrected chi connectivity index (χ2v) is 37.2. The summed E-state index contributed by atoms with van der Waals surface area (Å²) in [5, 5.41) is 24.0. The Kier molecular flexibility index (Phi) is 41.0. The summed E-state index contributed by atoms with van der Waals surface area (Å²) < 4.78 is 144. The van der Waals surface area contributed by atoms with Crippen molar-refractivity contribution in [3.8, 4) is 0 Å². The molecule has 0 aromatic heterocycles. The molecule has 7 aromatic rings. The number of esters is 6. The zero-order valence-corrected chi connectivity index (χ0v) is 83.3. The Morgan fingerprint density at radius 1 is 0.433 bits per heavy atom. The highest BCUT2D eigenvalue weighted by Gasteiger charge is 2.67. The Morgan fingerprint density at radius 3 is 1.35 bits per heavy atom. The SMILES string of the molecule is CC1[C@H](C)OC2COC(c3ccccc3)O[C@@H]2[C@@H]1C.CCC1O[C@@H](OC2[C@@H](OCc3ccccc3)[C@H](OCc3ccccc3)C(CC)O[C@@H]2C)C(C)[C@@H](C)[C@@H]1O.CC[C@@H](OC(C)=O)[C@@H](OC(C)=O)C1O[C@@](OCC2O[C@@H](C)C(C)[C@@H](OC(=O)c3ccccc3)[C@H]2OCc2ccccc2)(C(=O)OC)C(F)[C@@H](OC(C)=O)[C@H]1NC(C)=O.C[C@@H]1OC2COC(c3ccccc3)O[C@@H]2[C@H](O)C1OC(=O)c1ccccc1. The zero-order valence-electron chi connectivity index (χ0n) is 83.3. The Hall–Kier alpha value is -9.92. The second-order valence-electron chi connectivity index (χ2n) is 37.2. The van der Waals surface area contributed by atoms with Gasteiger partial charge < -0.3 is 115 Å². The van der Waals surface area contributed by atoms with E-state index in [0.29, 0.717) is 43.8 Å². The van der Waals surface area contributed by atoms with Crippen LogP contribution in [0.1, 0.15) is 191 Å². The maximum Gasteiger partial charge on any atom is 0.370 e. The molecule has 34 atom stereocenters. The Morgan fingerprint density at radius 2 is 0.872 bits per heavy atom. The van der Waals surface area contributed by atoms with Crippen LogP contribution in [0.2, 0.25) is 0 Å². The molecule has 768 valence electrons. The molecule has 32 heteroatoms. The number of aliphatic hydroxyl groups excluding tert-OH is 2. The van der Waals surface area contributed by atoms with Gasteiger partial charge in [-0.2, -0.15) is 0 Å². The van der Waals surface area contributed by atoms with Gasteiger partial charge in [0, 0.05) is 50.7 Å². The molecule has 8 aliphatic heterocycles. The Labute approximate surface area is 825 Å². The molecule has 8 fully saturated rings. The summed E-state index contributed by atoms with van der Waals surface area (Å²) in [6.07, 6.45) is -18.2. The molecule has 0 radical (unpaired) electrons. The van der Waals surface area contributed by atoms with Crippen molar-refractivity contribution in [2.75, 3.05) is 26.9 Å².